The summed E-state index contributed by atoms with van der Waals surface area (Å²) < 4.78 is 33.9. The first-order chi connectivity index (χ1) is 9.95. The summed E-state index contributed by atoms with van der Waals surface area (Å²) in [5.41, 5.74) is 0.137. The summed E-state index contributed by atoms with van der Waals surface area (Å²) in [5, 5.41) is 2.85. The molecular weight excluding hydrogens is 318 g/mol. The van der Waals surface area contributed by atoms with Crippen LogP contribution in [-0.2, 0) is 9.05 Å². The molecule has 0 radical (unpaired) electrons. The Kier molecular flexibility index (Phi) is 3.71. The fraction of sp³-hybridized carbons (Fsp3) is 0.462. The van der Waals surface area contributed by atoms with Gasteiger partial charge in [-0.15, -0.1) is 0 Å². The van der Waals surface area contributed by atoms with Gasteiger partial charge in [0.2, 0.25) is 0 Å². The molecule has 0 spiro atoms. The highest BCUT2D eigenvalue weighted by Crippen LogP contribution is 2.37. The molecule has 0 aromatic heterocycles. The molecule has 2 aliphatic rings. The Morgan fingerprint density at radius 3 is 2.57 bits per heavy atom. The van der Waals surface area contributed by atoms with Crippen molar-refractivity contribution < 1.29 is 22.7 Å². The van der Waals surface area contributed by atoms with E-state index in [9.17, 15) is 13.2 Å². The number of fused-ring (bicyclic) bond motifs is 1. The van der Waals surface area contributed by atoms with Crippen molar-refractivity contribution in [2.45, 2.75) is 30.2 Å². The molecule has 1 N–H and O–H groups in total. The average Bonchev–Trinajstić information content (AvgIpc) is 2.40. The number of hydrogen-bond acceptors (Lipinski definition) is 5. The van der Waals surface area contributed by atoms with Crippen LogP contribution < -0.4 is 14.8 Å². The molecule has 1 saturated carbocycles. The Morgan fingerprint density at radius 1 is 1.24 bits per heavy atom. The maximum absolute atomic E-state index is 12.3. The van der Waals surface area contributed by atoms with Crippen molar-refractivity contribution in [3.63, 3.8) is 0 Å². The van der Waals surface area contributed by atoms with Crippen LogP contribution in [0.5, 0.6) is 11.5 Å². The molecule has 1 amide bonds. The summed E-state index contributed by atoms with van der Waals surface area (Å²) in [6.45, 7) is 0.603. The summed E-state index contributed by atoms with van der Waals surface area (Å²) >= 11 is 0. The van der Waals surface area contributed by atoms with Crippen LogP contribution in [0.4, 0.5) is 0 Å². The smallest absolute Gasteiger partial charge is 0.261 e. The van der Waals surface area contributed by atoms with Gasteiger partial charge in [-0.3, -0.25) is 4.79 Å². The first-order valence-electron chi connectivity index (χ1n) is 6.64. The lowest BCUT2D eigenvalue weighted by Crippen LogP contribution is -2.39. The SMILES string of the molecule is O=C(NC1CCC1)c1cc(S(=O)(=O)Cl)cc2c1OCCO2. The predicted molar refractivity (Wildman–Crippen MR) is 75.6 cm³/mol. The lowest BCUT2D eigenvalue weighted by atomic mass is 9.93. The second kappa shape index (κ2) is 5.38. The number of benzene rings is 1. The number of hydrogen-bond donors (Lipinski definition) is 1. The van der Waals surface area contributed by atoms with E-state index < -0.39 is 9.05 Å². The Hall–Kier alpha value is -1.47. The molecule has 1 aliphatic carbocycles. The van der Waals surface area contributed by atoms with Gasteiger partial charge >= 0.3 is 0 Å². The van der Waals surface area contributed by atoms with Crippen molar-refractivity contribution in [2.75, 3.05) is 13.2 Å². The van der Waals surface area contributed by atoms with Gasteiger partial charge in [-0.25, -0.2) is 8.42 Å². The maximum Gasteiger partial charge on any atom is 0.261 e. The fourth-order valence-electron chi connectivity index (χ4n) is 2.25. The molecule has 6 nitrogen and oxygen atoms in total. The van der Waals surface area contributed by atoms with Gasteiger partial charge < -0.3 is 14.8 Å². The van der Waals surface area contributed by atoms with E-state index in [4.69, 9.17) is 20.2 Å². The minimum Gasteiger partial charge on any atom is -0.486 e. The molecule has 0 bridgehead atoms. The Morgan fingerprint density at radius 2 is 1.95 bits per heavy atom. The molecule has 1 aromatic rings. The van der Waals surface area contributed by atoms with Crippen LogP contribution in [0.25, 0.3) is 0 Å². The quantitative estimate of drug-likeness (QED) is 0.852. The molecule has 0 saturated heterocycles. The monoisotopic (exact) mass is 331 g/mol. The van der Waals surface area contributed by atoms with Crippen molar-refractivity contribution in [3.8, 4) is 11.5 Å². The molecule has 8 heteroatoms. The van der Waals surface area contributed by atoms with E-state index >= 15 is 0 Å². The van der Waals surface area contributed by atoms with Crippen LogP contribution in [0.2, 0.25) is 0 Å². The Balaban J connectivity index is 2.01. The van der Waals surface area contributed by atoms with Crippen LogP contribution in [0.3, 0.4) is 0 Å². The van der Waals surface area contributed by atoms with Gasteiger partial charge in [0.25, 0.3) is 15.0 Å². The number of ether oxygens (including phenoxy) is 2. The van der Waals surface area contributed by atoms with Gasteiger partial charge in [-0.1, -0.05) is 0 Å². The third-order valence-electron chi connectivity index (χ3n) is 3.58. The van der Waals surface area contributed by atoms with Gasteiger partial charge in [0.15, 0.2) is 11.5 Å². The van der Waals surface area contributed by atoms with Crippen molar-refractivity contribution in [1.29, 1.82) is 0 Å². The van der Waals surface area contributed by atoms with Crippen molar-refractivity contribution in [3.05, 3.63) is 17.7 Å². The number of carbonyl (C=O) groups is 1. The zero-order valence-corrected chi connectivity index (χ0v) is 12.7. The van der Waals surface area contributed by atoms with Crippen molar-refractivity contribution in [1.82, 2.24) is 5.32 Å². The molecule has 3 rings (SSSR count). The predicted octanol–water partition coefficient (Wildman–Crippen LogP) is 1.67. The normalized spacial score (nSPS) is 18.0. The second-order valence-corrected chi connectivity index (χ2v) is 7.60. The van der Waals surface area contributed by atoms with E-state index in [1.807, 2.05) is 0 Å². The van der Waals surface area contributed by atoms with Crippen molar-refractivity contribution in [2.24, 2.45) is 0 Å². The lowest BCUT2D eigenvalue weighted by molar-refractivity contribution is 0.0905. The summed E-state index contributed by atoms with van der Waals surface area (Å²) in [5.74, 6) is 0.118. The van der Waals surface area contributed by atoms with Crippen LogP contribution in [0, 0.1) is 0 Å². The van der Waals surface area contributed by atoms with Crippen LogP contribution in [-0.4, -0.2) is 33.6 Å². The van der Waals surface area contributed by atoms with E-state index in [0.29, 0.717) is 13.2 Å². The molecule has 1 heterocycles. The van der Waals surface area contributed by atoms with Crippen LogP contribution in [0.15, 0.2) is 17.0 Å². The minimum atomic E-state index is -3.96. The minimum absolute atomic E-state index is 0.133. The number of carbonyl (C=O) groups excluding carboxylic acids is 1. The molecule has 1 fully saturated rings. The number of rotatable bonds is 3. The summed E-state index contributed by atoms with van der Waals surface area (Å²) in [6.07, 6.45) is 2.94. The van der Waals surface area contributed by atoms with E-state index in [1.165, 1.54) is 12.1 Å². The van der Waals surface area contributed by atoms with Gasteiger partial charge in [0.05, 0.1) is 10.5 Å². The van der Waals surface area contributed by atoms with Gasteiger partial charge in [0, 0.05) is 22.8 Å². The molecular formula is C13H14ClNO5S. The number of amides is 1. The Labute approximate surface area is 126 Å². The van der Waals surface area contributed by atoms with Crippen LogP contribution in [0.1, 0.15) is 29.6 Å². The first-order valence-corrected chi connectivity index (χ1v) is 8.95. The Bertz CT molecular complexity index is 684. The highest BCUT2D eigenvalue weighted by molar-refractivity contribution is 8.13. The number of halogens is 1. The molecule has 1 aromatic carbocycles. The molecule has 21 heavy (non-hydrogen) atoms. The van der Waals surface area contributed by atoms with E-state index in [1.54, 1.807) is 0 Å². The second-order valence-electron chi connectivity index (χ2n) is 5.03. The largest absolute Gasteiger partial charge is 0.486 e. The standard InChI is InChI=1S/C13H14ClNO5S/c14-21(17,18)9-6-10(13(16)15-8-2-1-3-8)12-11(7-9)19-4-5-20-12/h6-8H,1-5H2,(H,15,16). The highest BCUT2D eigenvalue weighted by Gasteiger charge is 2.28. The maximum atomic E-state index is 12.3. The van der Waals surface area contributed by atoms with Crippen LogP contribution >= 0.6 is 10.7 Å². The lowest BCUT2D eigenvalue weighted by Gasteiger charge is -2.27. The van der Waals surface area contributed by atoms with Gasteiger partial charge in [-0.05, 0) is 25.3 Å². The third-order valence-corrected chi connectivity index (χ3v) is 4.92. The van der Waals surface area contributed by atoms with E-state index in [-0.39, 0.29) is 33.9 Å². The van der Waals surface area contributed by atoms with E-state index in [0.717, 1.165) is 19.3 Å². The topological polar surface area (TPSA) is 81.7 Å². The summed E-state index contributed by atoms with van der Waals surface area (Å²) in [6, 6.07) is 2.63. The van der Waals surface area contributed by atoms with E-state index in [2.05, 4.69) is 5.32 Å². The zero-order chi connectivity index (χ0) is 15.0. The highest BCUT2D eigenvalue weighted by atomic mass is 35.7. The van der Waals surface area contributed by atoms with Gasteiger partial charge in [-0.2, -0.15) is 0 Å². The van der Waals surface area contributed by atoms with Crippen molar-refractivity contribution >= 4 is 25.6 Å². The molecule has 0 unspecified atom stereocenters. The molecule has 1 aliphatic heterocycles. The summed E-state index contributed by atoms with van der Waals surface area (Å²) in [7, 11) is 1.41. The van der Waals surface area contributed by atoms with Gasteiger partial charge in [0.1, 0.15) is 13.2 Å². The fourth-order valence-corrected chi connectivity index (χ4v) is 3.03. The first kappa shape index (κ1) is 14.5. The summed E-state index contributed by atoms with van der Waals surface area (Å²) in [4.78, 5) is 12.1. The number of nitrogens with one attached hydrogen (secondary N) is 1. The zero-order valence-electron chi connectivity index (χ0n) is 11.1. The average molecular weight is 332 g/mol. The molecule has 0 atom stereocenters. The molecule has 114 valence electrons. The third kappa shape index (κ3) is 2.94.